The van der Waals surface area contributed by atoms with E-state index in [1.807, 2.05) is 32.2 Å². The SMILES string of the molecule is CCOc1ccc(CNCCSc2nnnn2C)cc1OC. The monoisotopic (exact) mass is 323 g/mol. The van der Waals surface area contributed by atoms with Crippen LogP contribution < -0.4 is 14.8 Å². The number of thioether (sulfide) groups is 1. The second kappa shape index (κ2) is 8.60. The number of tetrazole rings is 1. The van der Waals surface area contributed by atoms with Crippen molar-refractivity contribution >= 4 is 11.8 Å². The number of aryl methyl sites for hydroxylation is 1. The molecular formula is C14H21N5O2S. The Morgan fingerprint density at radius 1 is 1.32 bits per heavy atom. The minimum atomic E-state index is 0.627. The molecule has 0 aliphatic heterocycles. The minimum Gasteiger partial charge on any atom is -0.493 e. The molecule has 1 N–H and O–H groups in total. The Kier molecular flexibility index (Phi) is 6.47. The van der Waals surface area contributed by atoms with E-state index in [4.69, 9.17) is 9.47 Å². The predicted octanol–water partition coefficient (Wildman–Crippen LogP) is 1.50. The molecule has 0 amide bonds. The van der Waals surface area contributed by atoms with E-state index in [0.717, 1.165) is 41.1 Å². The number of hydrogen-bond donors (Lipinski definition) is 1. The lowest BCUT2D eigenvalue weighted by atomic mass is 10.2. The molecule has 1 heterocycles. The highest BCUT2D eigenvalue weighted by Crippen LogP contribution is 2.27. The van der Waals surface area contributed by atoms with Crippen LogP contribution in [0.2, 0.25) is 0 Å². The molecule has 0 aliphatic carbocycles. The zero-order valence-electron chi connectivity index (χ0n) is 13.1. The van der Waals surface area contributed by atoms with Crippen LogP contribution in [0.4, 0.5) is 0 Å². The summed E-state index contributed by atoms with van der Waals surface area (Å²) in [5.74, 6) is 2.45. The van der Waals surface area contributed by atoms with Gasteiger partial charge in [-0.25, -0.2) is 4.68 Å². The zero-order valence-corrected chi connectivity index (χ0v) is 13.9. The van der Waals surface area contributed by atoms with Crippen LogP contribution in [-0.4, -0.2) is 46.2 Å². The summed E-state index contributed by atoms with van der Waals surface area (Å²) in [6.07, 6.45) is 0. The Labute approximate surface area is 134 Å². The quantitative estimate of drug-likeness (QED) is 0.553. The molecule has 1 aromatic carbocycles. The van der Waals surface area contributed by atoms with Gasteiger partial charge in [0.05, 0.1) is 13.7 Å². The number of nitrogens with one attached hydrogen (secondary N) is 1. The highest BCUT2D eigenvalue weighted by atomic mass is 32.2. The number of methoxy groups -OCH3 is 1. The smallest absolute Gasteiger partial charge is 0.209 e. The molecule has 0 saturated heterocycles. The number of nitrogens with zero attached hydrogens (tertiary/aromatic N) is 4. The topological polar surface area (TPSA) is 74.1 Å². The fraction of sp³-hybridized carbons (Fsp3) is 0.500. The van der Waals surface area contributed by atoms with Gasteiger partial charge >= 0.3 is 0 Å². The van der Waals surface area contributed by atoms with Crippen LogP contribution in [0.25, 0.3) is 0 Å². The van der Waals surface area contributed by atoms with Crippen molar-refractivity contribution in [1.82, 2.24) is 25.5 Å². The van der Waals surface area contributed by atoms with E-state index < -0.39 is 0 Å². The number of ether oxygens (including phenoxy) is 2. The number of aromatic nitrogens is 4. The van der Waals surface area contributed by atoms with Crippen molar-refractivity contribution in [3.05, 3.63) is 23.8 Å². The Morgan fingerprint density at radius 2 is 2.18 bits per heavy atom. The van der Waals surface area contributed by atoms with Gasteiger partial charge in [0.2, 0.25) is 5.16 Å². The van der Waals surface area contributed by atoms with Gasteiger partial charge in [-0.05, 0) is 35.0 Å². The molecule has 8 heteroatoms. The van der Waals surface area contributed by atoms with Gasteiger partial charge in [-0.15, -0.1) is 5.10 Å². The molecule has 1 aromatic heterocycles. The molecule has 120 valence electrons. The summed E-state index contributed by atoms with van der Waals surface area (Å²) >= 11 is 1.63. The van der Waals surface area contributed by atoms with Crippen molar-refractivity contribution in [1.29, 1.82) is 0 Å². The molecule has 2 rings (SSSR count). The van der Waals surface area contributed by atoms with Gasteiger partial charge in [-0.2, -0.15) is 0 Å². The molecule has 22 heavy (non-hydrogen) atoms. The fourth-order valence-electron chi connectivity index (χ4n) is 1.89. The molecule has 7 nitrogen and oxygen atoms in total. The third kappa shape index (κ3) is 4.60. The first-order valence-electron chi connectivity index (χ1n) is 7.10. The second-order valence-electron chi connectivity index (χ2n) is 4.53. The molecule has 2 aromatic rings. The largest absolute Gasteiger partial charge is 0.493 e. The first kappa shape index (κ1) is 16.6. The van der Waals surface area contributed by atoms with Crippen LogP contribution in [0.5, 0.6) is 11.5 Å². The summed E-state index contributed by atoms with van der Waals surface area (Å²) in [6, 6.07) is 5.98. The van der Waals surface area contributed by atoms with Crippen molar-refractivity contribution in [3.63, 3.8) is 0 Å². The molecule has 0 aliphatic rings. The van der Waals surface area contributed by atoms with Gasteiger partial charge in [0.25, 0.3) is 0 Å². The van der Waals surface area contributed by atoms with E-state index in [0.29, 0.717) is 6.61 Å². The average molecular weight is 323 g/mol. The lowest BCUT2D eigenvalue weighted by Gasteiger charge is -2.11. The Morgan fingerprint density at radius 3 is 2.86 bits per heavy atom. The molecule has 0 atom stereocenters. The summed E-state index contributed by atoms with van der Waals surface area (Å²) < 4.78 is 12.5. The molecule has 0 spiro atoms. The maximum absolute atomic E-state index is 5.51. The predicted molar refractivity (Wildman–Crippen MR) is 85.4 cm³/mol. The van der Waals surface area contributed by atoms with Crippen molar-refractivity contribution < 1.29 is 9.47 Å². The van der Waals surface area contributed by atoms with Crippen molar-refractivity contribution in [2.24, 2.45) is 7.05 Å². The van der Waals surface area contributed by atoms with Gasteiger partial charge in [0.15, 0.2) is 11.5 Å². The van der Waals surface area contributed by atoms with Gasteiger partial charge < -0.3 is 14.8 Å². The number of hydrogen-bond acceptors (Lipinski definition) is 7. The van der Waals surface area contributed by atoms with Gasteiger partial charge in [-0.3, -0.25) is 0 Å². The lowest BCUT2D eigenvalue weighted by molar-refractivity contribution is 0.310. The molecule has 0 bridgehead atoms. The van der Waals surface area contributed by atoms with Crippen LogP contribution in [0.1, 0.15) is 12.5 Å². The van der Waals surface area contributed by atoms with Gasteiger partial charge in [0.1, 0.15) is 0 Å². The highest BCUT2D eigenvalue weighted by molar-refractivity contribution is 7.99. The Balaban J connectivity index is 1.76. The van der Waals surface area contributed by atoms with Crippen LogP contribution in [-0.2, 0) is 13.6 Å². The number of rotatable bonds is 9. The first-order chi connectivity index (χ1) is 10.7. The molecule has 0 saturated carbocycles. The summed E-state index contributed by atoms with van der Waals surface area (Å²) in [4.78, 5) is 0. The average Bonchev–Trinajstić information content (AvgIpc) is 2.93. The van der Waals surface area contributed by atoms with Crippen LogP contribution in [0, 0.1) is 0 Å². The Bertz CT molecular complexity index is 590. The van der Waals surface area contributed by atoms with E-state index >= 15 is 0 Å². The summed E-state index contributed by atoms with van der Waals surface area (Å²) in [6.45, 7) is 4.23. The van der Waals surface area contributed by atoms with Gasteiger partial charge in [0, 0.05) is 25.9 Å². The van der Waals surface area contributed by atoms with E-state index in [2.05, 4.69) is 20.8 Å². The maximum atomic E-state index is 5.51. The first-order valence-corrected chi connectivity index (χ1v) is 8.08. The molecule has 0 fully saturated rings. The van der Waals surface area contributed by atoms with E-state index in [-0.39, 0.29) is 0 Å². The van der Waals surface area contributed by atoms with Crippen LogP contribution in [0.3, 0.4) is 0 Å². The van der Waals surface area contributed by atoms with E-state index in [9.17, 15) is 0 Å². The zero-order chi connectivity index (χ0) is 15.8. The summed E-state index contributed by atoms with van der Waals surface area (Å²) in [5.41, 5.74) is 1.16. The molecule has 0 unspecified atom stereocenters. The van der Waals surface area contributed by atoms with E-state index in [1.54, 1.807) is 23.6 Å². The number of benzene rings is 1. The minimum absolute atomic E-state index is 0.627. The van der Waals surface area contributed by atoms with Crippen molar-refractivity contribution in [3.8, 4) is 11.5 Å². The van der Waals surface area contributed by atoms with E-state index in [1.165, 1.54) is 0 Å². The van der Waals surface area contributed by atoms with Gasteiger partial charge in [-0.1, -0.05) is 17.8 Å². The fourth-order valence-corrected chi connectivity index (χ4v) is 2.63. The normalized spacial score (nSPS) is 10.7. The lowest BCUT2D eigenvalue weighted by Crippen LogP contribution is -2.16. The Hall–Kier alpha value is -1.80. The van der Waals surface area contributed by atoms with Crippen molar-refractivity contribution in [2.75, 3.05) is 26.0 Å². The van der Waals surface area contributed by atoms with Crippen molar-refractivity contribution in [2.45, 2.75) is 18.6 Å². The third-order valence-corrected chi connectivity index (χ3v) is 3.96. The highest BCUT2D eigenvalue weighted by Gasteiger charge is 2.05. The van der Waals surface area contributed by atoms with Crippen LogP contribution >= 0.6 is 11.8 Å². The molecule has 0 radical (unpaired) electrons. The standard InChI is InChI=1S/C14H21N5O2S/c1-4-21-12-6-5-11(9-13(12)20-3)10-15-7-8-22-14-16-17-18-19(14)2/h5-6,9,15H,4,7-8,10H2,1-3H3. The van der Waals surface area contributed by atoms with Crippen LogP contribution in [0.15, 0.2) is 23.4 Å². The third-order valence-electron chi connectivity index (χ3n) is 2.95. The second-order valence-corrected chi connectivity index (χ2v) is 5.59. The maximum Gasteiger partial charge on any atom is 0.209 e. The summed E-state index contributed by atoms with van der Waals surface area (Å²) in [7, 11) is 3.49. The summed E-state index contributed by atoms with van der Waals surface area (Å²) in [5, 5.41) is 15.5. The molecular weight excluding hydrogens is 302 g/mol.